The van der Waals surface area contributed by atoms with E-state index in [4.69, 9.17) is 9.47 Å². The summed E-state index contributed by atoms with van der Waals surface area (Å²) in [5.74, 6) is 2.31. The van der Waals surface area contributed by atoms with Gasteiger partial charge in [-0.2, -0.15) is 0 Å². The van der Waals surface area contributed by atoms with Crippen LogP contribution in [0.15, 0.2) is 23.3 Å². The second kappa shape index (κ2) is 10.9. The lowest BCUT2D eigenvalue weighted by molar-refractivity contribution is 0.130. The summed E-state index contributed by atoms with van der Waals surface area (Å²) in [6.07, 6.45) is 6.86. The quantitative estimate of drug-likeness (QED) is 0.429. The van der Waals surface area contributed by atoms with Gasteiger partial charge in [-0.25, -0.2) is 4.98 Å². The number of hydrogen-bond acceptors (Lipinski definition) is 4. The van der Waals surface area contributed by atoms with Gasteiger partial charge in [-0.3, -0.25) is 4.99 Å². The average Bonchev–Trinajstić information content (AvgIpc) is 2.63. The minimum Gasteiger partial charge on any atom is -0.474 e. The summed E-state index contributed by atoms with van der Waals surface area (Å²) in [6, 6.07) is 4.01. The molecule has 0 unspecified atom stereocenters. The van der Waals surface area contributed by atoms with Gasteiger partial charge in [0.1, 0.15) is 6.10 Å². The maximum absolute atomic E-state index is 6.07. The number of ether oxygens (including phenoxy) is 2. The molecule has 0 atom stereocenters. The molecule has 2 N–H and O–H groups in total. The Morgan fingerprint density at radius 2 is 2.08 bits per heavy atom. The minimum absolute atomic E-state index is 0.305. The van der Waals surface area contributed by atoms with E-state index in [0.717, 1.165) is 49.3 Å². The molecule has 1 aliphatic carbocycles. The van der Waals surface area contributed by atoms with Crippen molar-refractivity contribution in [2.75, 3.05) is 26.8 Å². The van der Waals surface area contributed by atoms with Crippen molar-refractivity contribution in [1.29, 1.82) is 0 Å². The molecule has 0 saturated heterocycles. The van der Waals surface area contributed by atoms with Crippen LogP contribution in [0.2, 0.25) is 0 Å². The van der Waals surface area contributed by atoms with E-state index in [2.05, 4.69) is 27.5 Å². The number of guanidine groups is 1. The zero-order valence-corrected chi connectivity index (χ0v) is 15.8. The third-order valence-electron chi connectivity index (χ3n) is 4.48. The number of rotatable bonds is 8. The van der Waals surface area contributed by atoms with Crippen molar-refractivity contribution in [1.82, 2.24) is 15.6 Å². The molecule has 0 aliphatic heterocycles. The maximum atomic E-state index is 6.07. The maximum Gasteiger partial charge on any atom is 0.213 e. The largest absolute Gasteiger partial charge is 0.474 e. The Morgan fingerprint density at radius 1 is 1.28 bits per heavy atom. The van der Waals surface area contributed by atoms with Gasteiger partial charge < -0.3 is 20.1 Å². The van der Waals surface area contributed by atoms with Gasteiger partial charge in [-0.15, -0.1) is 0 Å². The molecule has 1 fully saturated rings. The molecule has 0 amide bonds. The Balaban J connectivity index is 1.78. The Hall–Kier alpha value is -1.82. The second-order valence-electron chi connectivity index (χ2n) is 6.55. The normalized spacial score (nSPS) is 21.0. The second-order valence-corrected chi connectivity index (χ2v) is 6.55. The van der Waals surface area contributed by atoms with E-state index < -0.39 is 0 Å². The lowest BCUT2D eigenvalue weighted by atomic mass is 9.89. The Labute approximate surface area is 151 Å². The van der Waals surface area contributed by atoms with E-state index >= 15 is 0 Å². The molecule has 2 rings (SSSR count). The first kappa shape index (κ1) is 19.5. The average molecular weight is 348 g/mol. The van der Waals surface area contributed by atoms with Crippen LogP contribution in [-0.4, -0.2) is 43.9 Å². The van der Waals surface area contributed by atoms with Crippen LogP contribution in [0.3, 0.4) is 0 Å². The third kappa shape index (κ3) is 7.30. The van der Waals surface area contributed by atoms with Crippen molar-refractivity contribution < 1.29 is 9.47 Å². The number of nitrogens with zero attached hydrogens (tertiary/aromatic N) is 2. The molecule has 6 heteroatoms. The van der Waals surface area contributed by atoms with Gasteiger partial charge >= 0.3 is 0 Å². The topological polar surface area (TPSA) is 67.8 Å². The zero-order valence-electron chi connectivity index (χ0n) is 15.8. The van der Waals surface area contributed by atoms with E-state index in [1.165, 1.54) is 12.8 Å². The molecule has 0 aromatic carbocycles. The van der Waals surface area contributed by atoms with Crippen LogP contribution < -0.4 is 15.4 Å². The standard InChI is InChI=1S/C19H32N4O2/c1-4-24-12-11-22-19(20-3)23-14-16-9-10-21-18(13-16)25-17-7-5-15(2)6-8-17/h9-10,13,15,17H,4-8,11-12,14H2,1-3H3,(H2,20,22,23). The number of aromatic nitrogens is 1. The lowest BCUT2D eigenvalue weighted by Gasteiger charge is -2.26. The molecular weight excluding hydrogens is 316 g/mol. The summed E-state index contributed by atoms with van der Waals surface area (Å²) in [5.41, 5.74) is 1.13. The van der Waals surface area contributed by atoms with E-state index in [9.17, 15) is 0 Å². The van der Waals surface area contributed by atoms with Crippen molar-refractivity contribution in [3.63, 3.8) is 0 Å². The molecule has 1 saturated carbocycles. The fourth-order valence-electron chi connectivity index (χ4n) is 2.94. The predicted octanol–water partition coefficient (Wildman–Crippen LogP) is 2.74. The molecule has 0 radical (unpaired) electrons. The molecule has 1 aliphatic rings. The van der Waals surface area contributed by atoms with Crippen LogP contribution in [-0.2, 0) is 11.3 Å². The van der Waals surface area contributed by atoms with Crippen molar-refractivity contribution in [3.8, 4) is 5.88 Å². The summed E-state index contributed by atoms with van der Waals surface area (Å²) in [6.45, 7) is 7.12. The first-order chi connectivity index (χ1) is 12.2. The highest BCUT2D eigenvalue weighted by molar-refractivity contribution is 5.79. The van der Waals surface area contributed by atoms with Gasteiger partial charge in [-0.05, 0) is 50.2 Å². The molecule has 0 spiro atoms. The highest BCUT2D eigenvalue weighted by atomic mass is 16.5. The fourth-order valence-corrected chi connectivity index (χ4v) is 2.94. The number of pyridine rings is 1. The van der Waals surface area contributed by atoms with Gasteiger partial charge in [0, 0.05) is 39.0 Å². The fraction of sp³-hybridized carbons (Fsp3) is 0.684. The van der Waals surface area contributed by atoms with Crippen molar-refractivity contribution in [2.24, 2.45) is 10.9 Å². The first-order valence-electron chi connectivity index (χ1n) is 9.35. The highest BCUT2D eigenvalue weighted by Gasteiger charge is 2.19. The predicted molar refractivity (Wildman–Crippen MR) is 101 cm³/mol. The summed E-state index contributed by atoms with van der Waals surface area (Å²) in [5, 5.41) is 6.53. The smallest absolute Gasteiger partial charge is 0.213 e. The van der Waals surface area contributed by atoms with Crippen LogP contribution in [0, 0.1) is 5.92 Å². The third-order valence-corrected chi connectivity index (χ3v) is 4.48. The molecule has 1 heterocycles. The van der Waals surface area contributed by atoms with Crippen LogP contribution in [0.4, 0.5) is 0 Å². The molecule has 1 aromatic rings. The molecule has 6 nitrogen and oxygen atoms in total. The Bertz CT molecular complexity index is 528. The number of aliphatic imine (C=N–C) groups is 1. The molecule has 0 bridgehead atoms. The molecular formula is C19H32N4O2. The van der Waals surface area contributed by atoms with E-state index in [1.807, 2.05) is 25.3 Å². The van der Waals surface area contributed by atoms with E-state index in [0.29, 0.717) is 19.3 Å². The lowest BCUT2D eigenvalue weighted by Crippen LogP contribution is -2.38. The number of hydrogen-bond donors (Lipinski definition) is 2. The van der Waals surface area contributed by atoms with Gasteiger partial charge in [0.05, 0.1) is 6.61 Å². The van der Waals surface area contributed by atoms with E-state index in [1.54, 1.807) is 7.05 Å². The molecule has 1 aromatic heterocycles. The zero-order chi connectivity index (χ0) is 17.9. The van der Waals surface area contributed by atoms with E-state index in [-0.39, 0.29) is 0 Å². The minimum atomic E-state index is 0.305. The monoisotopic (exact) mass is 348 g/mol. The van der Waals surface area contributed by atoms with Crippen LogP contribution in [0.1, 0.15) is 45.1 Å². The van der Waals surface area contributed by atoms with Crippen LogP contribution >= 0.6 is 0 Å². The Morgan fingerprint density at radius 3 is 2.80 bits per heavy atom. The van der Waals surface area contributed by atoms with Crippen LogP contribution in [0.5, 0.6) is 5.88 Å². The van der Waals surface area contributed by atoms with Gasteiger partial charge in [-0.1, -0.05) is 6.92 Å². The summed E-state index contributed by atoms with van der Waals surface area (Å²) in [7, 11) is 1.77. The summed E-state index contributed by atoms with van der Waals surface area (Å²) in [4.78, 5) is 8.57. The summed E-state index contributed by atoms with van der Waals surface area (Å²) >= 11 is 0. The van der Waals surface area contributed by atoms with Gasteiger partial charge in [0.2, 0.25) is 5.88 Å². The highest BCUT2D eigenvalue weighted by Crippen LogP contribution is 2.26. The van der Waals surface area contributed by atoms with Crippen LogP contribution in [0.25, 0.3) is 0 Å². The molecule has 25 heavy (non-hydrogen) atoms. The van der Waals surface area contributed by atoms with Gasteiger partial charge in [0.25, 0.3) is 0 Å². The Kier molecular flexibility index (Phi) is 8.52. The number of nitrogens with one attached hydrogen (secondary N) is 2. The van der Waals surface area contributed by atoms with Crippen molar-refractivity contribution in [2.45, 2.75) is 52.2 Å². The van der Waals surface area contributed by atoms with Gasteiger partial charge in [0.15, 0.2) is 5.96 Å². The van der Waals surface area contributed by atoms with Crippen molar-refractivity contribution in [3.05, 3.63) is 23.9 Å². The molecule has 140 valence electrons. The van der Waals surface area contributed by atoms with Crippen molar-refractivity contribution >= 4 is 5.96 Å². The SMILES string of the molecule is CCOCCNC(=NC)NCc1ccnc(OC2CCC(C)CC2)c1. The summed E-state index contributed by atoms with van der Waals surface area (Å²) < 4.78 is 11.4. The first-order valence-corrected chi connectivity index (χ1v) is 9.35.